The van der Waals surface area contributed by atoms with Crippen molar-refractivity contribution < 1.29 is 19.7 Å². The quantitative estimate of drug-likeness (QED) is 0.768. The molecule has 1 aliphatic heterocycles. The lowest BCUT2D eigenvalue weighted by Gasteiger charge is -2.45. The van der Waals surface area contributed by atoms with Gasteiger partial charge in [0.25, 0.3) is 0 Å². The van der Waals surface area contributed by atoms with Crippen LogP contribution in [-0.4, -0.2) is 28.2 Å². The van der Waals surface area contributed by atoms with Gasteiger partial charge in [-0.3, -0.25) is 0 Å². The van der Waals surface area contributed by atoms with Crippen molar-refractivity contribution in [1.82, 2.24) is 0 Å². The van der Waals surface area contributed by atoms with Gasteiger partial charge in [-0.25, -0.2) is 0 Å². The molecule has 0 unspecified atom stereocenters. The van der Waals surface area contributed by atoms with E-state index >= 15 is 0 Å². The summed E-state index contributed by atoms with van der Waals surface area (Å²) in [6.07, 6.45) is 0.187. The van der Waals surface area contributed by atoms with E-state index in [0.717, 1.165) is 22.2 Å². The first-order chi connectivity index (χ1) is 8.61. The van der Waals surface area contributed by atoms with Crippen molar-refractivity contribution in [3.05, 3.63) is 28.2 Å². The molecule has 1 fully saturated rings. The summed E-state index contributed by atoms with van der Waals surface area (Å²) in [6.45, 7) is 0.387. The third kappa shape index (κ3) is 1.95. The Labute approximate surface area is 114 Å². The van der Waals surface area contributed by atoms with E-state index in [1.54, 1.807) is 0 Å². The maximum Gasteiger partial charge on any atom is 0.239 e. The number of rotatable bonds is 0. The molecule has 0 aromatic heterocycles. The Balaban J connectivity index is 1.91. The van der Waals surface area contributed by atoms with Crippen molar-refractivity contribution in [3.8, 4) is 5.75 Å². The van der Waals surface area contributed by atoms with E-state index in [1.807, 2.05) is 18.2 Å². The van der Waals surface area contributed by atoms with Crippen molar-refractivity contribution >= 4 is 15.9 Å². The fourth-order valence-electron chi connectivity index (χ4n) is 2.60. The molecule has 1 spiro atoms. The Morgan fingerprint density at radius 1 is 1.33 bits per heavy atom. The van der Waals surface area contributed by atoms with E-state index in [2.05, 4.69) is 15.9 Å². The van der Waals surface area contributed by atoms with Crippen LogP contribution in [-0.2, 0) is 11.3 Å². The topological polar surface area (TPSA) is 58.9 Å². The Morgan fingerprint density at radius 2 is 2.17 bits per heavy atom. The normalized spacial score (nSPS) is 35.1. The van der Waals surface area contributed by atoms with Gasteiger partial charge in [0.2, 0.25) is 5.79 Å². The number of ether oxygens (including phenoxy) is 2. The molecule has 3 rings (SSSR count). The lowest BCUT2D eigenvalue weighted by molar-refractivity contribution is -0.289. The summed E-state index contributed by atoms with van der Waals surface area (Å²) in [5.74, 6) is -0.365. The lowest BCUT2D eigenvalue weighted by Crippen LogP contribution is -2.58. The Hall–Kier alpha value is -0.620. The van der Waals surface area contributed by atoms with Gasteiger partial charge in [-0.05, 0) is 31.0 Å². The summed E-state index contributed by atoms with van der Waals surface area (Å²) in [7, 11) is 0. The first-order valence-corrected chi connectivity index (χ1v) is 6.87. The predicted molar refractivity (Wildman–Crippen MR) is 68.2 cm³/mol. The number of hydrogen-bond acceptors (Lipinski definition) is 4. The summed E-state index contributed by atoms with van der Waals surface area (Å²) >= 11 is 3.40. The monoisotopic (exact) mass is 314 g/mol. The highest BCUT2D eigenvalue weighted by atomic mass is 79.9. The third-order valence-corrected chi connectivity index (χ3v) is 4.11. The maximum atomic E-state index is 10.1. The van der Waals surface area contributed by atoms with Crippen LogP contribution >= 0.6 is 15.9 Å². The molecule has 1 aromatic rings. The van der Waals surface area contributed by atoms with Crippen LogP contribution in [0.4, 0.5) is 0 Å². The molecule has 4 nitrogen and oxygen atoms in total. The molecule has 3 atom stereocenters. The number of benzene rings is 1. The molecule has 18 heavy (non-hydrogen) atoms. The largest absolute Gasteiger partial charge is 0.459 e. The van der Waals surface area contributed by atoms with E-state index in [-0.39, 0.29) is 0 Å². The highest BCUT2D eigenvalue weighted by Gasteiger charge is 2.50. The van der Waals surface area contributed by atoms with Crippen LogP contribution in [0.25, 0.3) is 0 Å². The number of aliphatic hydroxyl groups is 2. The molecule has 0 saturated heterocycles. The highest BCUT2D eigenvalue weighted by molar-refractivity contribution is 9.10. The van der Waals surface area contributed by atoms with Crippen molar-refractivity contribution in [2.45, 2.75) is 43.9 Å². The number of fused-ring (bicyclic) bond motifs is 1. The van der Waals surface area contributed by atoms with Crippen LogP contribution in [0.15, 0.2) is 22.7 Å². The second kappa shape index (κ2) is 4.49. The molecule has 0 radical (unpaired) electrons. The third-order valence-electron chi connectivity index (χ3n) is 3.62. The molecule has 1 aromatic carbocycles. The molecule has 2 aliphatic rings. The molecule has 2 N–H and O–H groups in total. The van der Waals surface area contributed by atoms with Gasteiger partial charge in [0.1, 0.15) is 11.9 Å². The van der Waals surface area contributed by atoms with Crippen LogP contribution in [0.5, 0.6) is 5.75 Å². The molecule has 5 heteroatoms. The van der Waals surface area contributed by atoms with E-state index in [0.29, 0.717) is 19.4 Å². The highest BCUT2D eigenvalue weighted by Crippen LogP contribution is 2.40. The molecule has 98 valence electrons. The van der Waals surface area contributed by atoms with Crippen molar-refractivity contribution in [2.24, 2.45) is 0 Å². The molecule has 1 saturated carbocycles. The smallest absolute Gasteiger partial charge is 0.239 e. The van der Waals surface area contributed by atoms with Crippen LogP contribution in [0, 0.1) is 0 Å². The van der Waals surface area contributed by atoms with Gasteiger partial charge in [0.05, 0.1) is 12.7 Å². The minimum Gasteiger partial charge on any atom is -0.459 e. The Morgan fingerprint density at radius 3 is 3.00 bits per heavy atom. The van der Waals surface area contributed by atoms with Crippen molar-refractivity contribution in [2.75, 3.05) is 0 Å². The zero-order valence-electron chi connectivity index (χ0n) is 9.80. The van der Waals surface area contributed by atoms with Crippen LogP contribution < -0.4 is 4.74 Å². The lowest BCUT2D eigenvalue weighted by atomic mass is 9.88. The van der Waals surface area contributed by atoms with E-state index in [4.69, 9.17) is 9.47 Å². The molecular formula is C13H15BrO4. The van der Waals surface area contributed by atoms with Gasteiger partial charge in [-0.1, -0.05) is 15.9 Å². The summed E-state index contributed by atoms with van der Waals surface area (Å²) in [5, 5.41) is 19.9. The standard InChI is InChI=1S/C13H15BrO4/c14-9-3-4-11-8(6-9)7-17-13(18-11)5-1-2-10(15)12(13)16/h3-4,6,10,12,15-16H,1-2,5,7H2/t10-,12-,13+/m1/s1. The van der Waals surface area contributed by atoms with Crippen LogP contribution in [0.1, 0.15) is 24.8 Å². The van der Waals surface area contributed by atoms with Crippen molar-refractivity contribution in [1.29, 1.82) is 0 Å². The summed E-state index contributed by atoms with van der Waals surface area (Å²) < 4.78 is 12.5. The zero-order valence-corrected chi connectivity index (χ0v) is 11.4. The molecular weight excluding hydrogens is 300 g/mol. The predicted octanol–water partition coefficient (Wildman–Crippen LogP) is 1.96. The van der Waals surface area contributed by atoms with Gasteiger partial charge < -0.3 is 19.7 Å². The molecule has 1 aliphatic carbocycles. The van der Waals surface area contributed by atoms with E-state index in [1.165, 1.54) is 0 Å². The summed E-state index contributed by atoms with van der Waals surface area (Å²) in [6, 6.07) is 5.69. The average Bonchev–Trinajstić information content (AvgIpc) is 2.36. The fraction of sp³-hybridized carbons (Fsp3) is 0.538. The SMILES string of the molecule is O[C@@H]1CCC[C@@]2(OCc3cc(Br)ccc3O2)[C@@H]1O. The van der Waals surface area contributed by atoms with Gasteiger partial charge >= 0.3 is 0 Å². The van der Waals surface area contributed by atoms with Crippen LogP contribution in [0.3, 0.4) is 0 Å². The average molecular weight is 315 g/mol. The van der Waals surface area contributed by atoms with Gasteiger partial charge in [-0.2, -0.15) is 0 Å². The Kier molecular flexibility index (Phi) is 3.10. The van der Waals surface area contributed by atoms with E-state index in [9.17, 15) is 10.2 Å². The number of aliphatic hydroxyl groups excluding tert-OH is 2. The summed E-state index contributed by atoms with van der Waals surface area (Å²) in [4.78, 5) is 0. The maximum absolute atomic E-state index is 10.1. The first kappa shape index (κ1) is 12.4. The first-order valence-electron chi connectivity index (χ1n) is 6.08. The zero-order chi connectivity index (χ0) is 12.8. The molecule has 0 bridgehead atoms. The van der Waals surface area contributed by atoms with Crippen molar-refractivity contribution in [3.63, 3.8) is 0 Å². The number of halogens is 1. The second-order valence-electron chi connectivity index (χ2n) is 4.86. The van der Waals surface area contributed by atoms with E-state index < -0.39 is 18.0 Å². The van der Waals surface area contributed by atoms with Gasteiger partial charge in [-0.15, -0.1) is 0 Å². The van der Waals surface area contributed by atoms with Crippen LogP contribution in [0.2, 0.25) is 0 Å². The minimum absolute atomic E-state index is 0.387. The summed E-state index contributed by atoms with van der Waals surface area (Å²) in [5.41, 5.74) is 0.947. The molecule has 1 heterocycles. The fourth-order valence-corrected chi connectivity index (χ4v) is 3.01. The Bertz CT molecular complexity index is 464. The van der Waals surface area contributed by atoms with Gasteiger partial charge in [0.15, 0.2) is 0 Å². The second-order valence-corrected chi connectivity index (χ2v) is 5.77. The molecule has 0 amide bonds. The number of hydrogen-bond donors (Lipinski definition) is 2. The van der Waals surface area contributed by atoms with Gasteiger partial charge in [0, 0.05) is 16.5 Å². The minimum atomic E-state index is -1.08.